The minimum absolute atomic E-state index is 0.0470. The summed E-state index contributed by atoms with van der Waals surface area (Å²) in [6.45, 7) is 1.35. The highest BCUT2D eigenvalue weighted by Gasteiger charge is 2.15. The molecule has 0 saturated heterocycles. The van der Waals surface area contributed by atoms with Crippen LogP contribution in [0.25, 0.3) is 0 Å². The van der Waals surface area contributed by atoms with Crippen molar-refractivity contribution >= 4 is 39.9 Å². The topological polar surface area (TPSA) is 107 Å². The lowest BCUT2D eigenvalue weighted by atomic mass is 10.1. The van der Waals surface area contributed by atoms with E-state index in [0.29, 0.717) is 22.9 Å². The van der Waals surface area contributed by atoms with Crippen molar-refractivity contribution in [1.29, 1.82) is 0 Å². The maximum Gasteiger partial charge on any atom is 0.340 e. The number of benzene rings is 2. The molecule has 0 bridgehead atoms. The summed E-state index contributed by atoms with van der Waals surface area (Å²) in [5, 5.41) is 7.50. The van der Waals surface area contributed by atoms with Crippen LogP contribution in [0.5, 0.6) is 5.75 Å². The third-order valence-corrected chi connectivity index (χ3v) is 5.21. The minimum atomic E-state index is -0.579. The highest BCUT2D eigenvalue weighted by Crippen LogP contribution is 2.20. The van der Waals surface area contributed by atoms with Gasteiger partial charge in [-0.3, -0.25) is 9.59 Å². The van der Waals surface area contributed by atoms with Crippen molar-refractivity contribution < 1.29 is 23.9 Å². The highest BCUT2D eigenvalue weighted by molar-refractivity contribution is 7.13. The van der Waals surface area contributed by atoms with E-state index < -0.39 is 5.97 Å². The number of thiazole rings is 1. The van der Waals surface area contributed by atoms with Gasteiger partial charge in [0.15, 0.2) is 5.13 Å². The number of anilines is 2. The molecule has 1 heterocycles. The number of esters is 1. The van der Waals surface area contributed by atoms with E-state index in [2.05, 4.69) is 15.6 Å². The van der Waals surface area contributed by atoms with E-state index in [0.717, 1.165) is 11.3 Å². The van der Waals surface area contributed by atoms with Crippen LogP contribution in [0.15, 0.2) is 53.9 Å². The number of methoxy groups -OCH3 is 1. The number of aromatic nitrogens is 1. The van der Waals surface area contributed by atoms with Crippen LogP contribution in [-0.4, -0.2) is 29.9 Å². The first-order valence-electron chi connectivity index (χ1n) is 9.85. The van der Waals surface area contributed by atoms with Crippen LogP contribution in [0.1, 0.15) is 35.0 Å². The summed E-state index contributed by atoms with van der Waals surface area (Å²) in [4.78, 5) is 40.3. The van der Waals surface area contributed by atoms with Crippen molar-refractivity contribution in [3.05, 3.63) is 70.7 Å². The zero-order chi connectivity index (χ0) is 22.9. The largest absolute Gasteiger partial charge is 0.497 e. The van der Waals surface area contributed by atoms with E-state index in [1.54, 1.807) is 36.8 Å². The van der Waals surface area contributed by atoms with Crippen LogP contribution < -0.4 is 15.4 Å². The Kier molecular flexibility index (Phi) is 7.93. The van der Waals surface area contributed by atoms with Gasteiger partial charge < -0.3 is 20.1 Å². The van der Waals surface area contributed by atoms with E-state index in [9.17, 15) is 14.4 Å². The van der Waals surface area contributed by atoms with E-state index in [4.69, 9.17) is 9.47 Å². The van der Waals surface area contributed by atoms with E-state index in [1.807, 2.05) is 24.3 Å². The number of nitrogens with one attached hydrogen (secondary N) is 2. The molecule has 166 valence electrons. The maximum absolute atomic E-state index is 12.6. The quantitative estimate of drug-likeness (QED) is 0.474. The molecule has 32 heavy (non-hydrogen) atoms. The molecule has 1 aromatic heterocycles. The lowest BCUT2D eigenvalue weighted by Gasteiger charge is -2.11. The number of rotatable bonds is 9. The monoisotopic (exact) mass is 453 g/mol. The molecule has 0 spiro atoms. The number of carbonyl (C=O) groups is 3. The van der Waals surface area contributed by atoms with Gasteiger partial charge in [-0.15, -0.1) is 11.3 Å². The molecule has 3 aromatic rings. The summed E-state index contributed by atoms with van der Waals surface area (Å²) in [6.07, 6.45) is 0.823. The number of nitrogens with zero attached hydrogens (tertiary/aromatic N) is 1. The summed E-state index contributed by atoms with van der Waals surface area (Å²) in [5.74, 6) is -0.250. The second kappa shape index (κ2) is 11.1. The van der Waals surface area contributed by atoms with E-state index in [1.165, 1.54) is 18.3 Å². The molecule has 2 N–H and O–H groups in total. The van der Waals surface area contributed by atoms with Gasteiger partial charge in [-0.2, -0.15) is 0 Å². The second-order valence-electron chi connectivity index (χ2n) is 6.84. The third kappa shape index (κ3) is 6.64. The van der Waals surface area contributed by atoms with Crippen molar-refractivity contribution in [2.24, 2.45) is 0 Å². The second-order valence-corrected chi connectivity index (χ2v) is 7.70. The predicted octanol–water partition coefficient (Wildman–Crippen LogP) is 4.04. The predicted molar refractivity (Wildman–Crippen MR) is 122 cm³/mol. The summed E-state index contributed by atoms with van der Waals surface area (Å²) in [6, 6.07) is 14.2. The van der Waals surface area contributed by atoms with Crippen molar-refractivity contribution in [2.75, 3.05) is 17.7 Å². The molecule has 2 amide bonds. The number of hydrogen-bond donors (Lipinski definition) is 2. The van der Waals surface area contributed by atoms with Crippen LogP contribution >= 0.6 is 11.3 Å². The Labute approximate surface area is 189 Å². The van der Waals surface area contributed by atoms with Gasteiger partial charge >= 0.3 is 5.97 Å². The molecule has 9 heteroatoms. The number of hydrogen-bond acceptors (Lipinski definition) is 7. The molecule has 0 aliphatic rings. The fourth-order valence-corrected chi connectivity index (χ4v) is 3.57. The lowest BCUT2D eigenvalue weighted by molar-refractivity contribution is -0.116. The van der Waals surface area contributed by atoms with Crippen molar-refractivity contribution in [2.45, 2.75) is 26.4 Å². The summed E-state index contributed by atoms with van der Waals surface area (Å²) in [7, 11) is 1.60. The van der Waals surface area contributed by atoms with Gasteiger partial charge in [-0.1, -0.05) is 24.3 Å². The number of para-hydroxylation sites is 1. The molecular formula is C23H23N3O5S. The molecule has 3 rings (SSSR count). The maximum atomic E-state index is 12.6. The summed E-state index contributed by atoms with van der Waals surface area (Å²) >= 11 is 1.24. The van der Waals surface area contributed by atoms with Gasteiger partial charge in [-0.25, -0.2) is 9.78 Å². The van der Waals surface area contributed by atoms with Gasteiger partial charge in [0.25, 0.3) is 0 Å². The molecule has 0 aliphatic carbocycles. The average molecular weight is 454 g/mol. The van der Waals surface area contributed by atoms with Crippen molar-refractivity contribution in [3.63, 3.8) is 0 Å². The Hall–Kier alpha value is -3.72. The number of ether oxygens (including phenoxy) is 2. The lowest BCUT2D eigenvalue weighted by Crippen LogP contribution is -2.16. The molecule has 0 atom stereocenters. The molecule has 0 unspecified atom stereocenters. The Morgan fingerprint density at radius 3 is 2.50 bits per heavy atom. The zero-order valence-corrected chi connectivity index (χ0v) is 18.5. The molecule has 0 fully saturated rings. The van der Waals surface area contributed by atoms with Crippen molar-refractivity contribution in [1.82, 2.24) is 4.98 Å². The van der Waals surface area contributed by atoms with Crippen LogP contribution in [0, 0.1) is 0 Å². The SMILES string of the molecule is COc1ccc(CCC(=O)Nc2ccccc2C(=O)OCc2csc(NC(C)=O)n2)cc1. The Balaban J connectivity index is 1.55. The normalized spacial score (nSPS) is 10.3. The number of amides is 2. The summed E-state index contributed by atoms with van der Waals surface area (Å²) in [5.41, 5.74) is 2.17. The smallest absolute Gasteiger partial charge is 0.340 e. The number of carbonyl (C=O) groups excluding carboxylic acids is 3. The van der Waals surface area contributed by atoms with Gasteiger partial charge in [0, 0.05) is 18.7 Å². The molecule has 2 aromatic carbocycles. The standard InChI is InChI=1S/C23H23N3O5S/c1-15(27)24-23-25-17(14-32-23)13-31-22(29)19-5-3-4-6-20(19)26-21(28)12-9-16-7-10-18(30-2)11-8-16/h3-8,10-11,14H,9,12-13H2,1-2H3,(H,26,28)(H,24,25,27). The van der Waals surface area contributed by atoms with Gasteiger partial charge in [0.2, 0.25) is 11.8 Å². The molecule has 0 aliphatic heterocycles. The fraction of sp³-hybridized carbons (Fsp3) is 0.217. The Morgan fingerprint density at radius 2 is 1.78 bits per heavy atom. The first-order valence-corrected chi connectivity index (χ1v) is 10.7. The number of aryl methyl sites for hydroxylation is 1. The van der Waals surface area contributed by atoms with Gasteiger partial charge in [-0.05, 0) is 36.2 Å². The molecule has 0 saturated carbocycles. The molecule has 8 nitrogen and oxygen atoms in total. The van der Waals surface area contributed by atoms with Crippen LogP contribution in [0.2, 0.25) is 0 Å². The van der Waals surface area contributed by atoms with Gasteiger partial charge in [0.05, 0.1) is 24.1 Å². The molecular weight excluding hydrogens is 430 g/mol. The van der Waals surface area contributed by atoms with E-state index >= 15 is 0 Å². The Morgan fingerprint density at radius 1 is 1.03 bits per heavy atom. The van der Waals surface area contributed by atoms with Crippen LogP contribution in [0.4, 0.5) is 10.8 Å². The average Bonchev–Trinajstić information content (AvgIpc) is 3.23. The van der Waals surface area contributed by atoms with Crippen LogP contribution in [0.3, 0.4) is 0 Å². The van der Waals surface area contributed by atoms with Gasteiger partial charge in [0.1, 0.15) is 12.4 Å². The molecule has 0 radical (unpaired) electrons. The Bertz CT molecular complexity index is 1100. The van der Waals surface area contributed by atoms with Crippen molar-refractivity contribution in [3.8, 4) is 5.75 Å². The fourth-order valence-electron chi connectivity index (χ4n) is 2.83. The zero-order valence-electron chi connectivity index (χ0n) is 17.7. The van der Waals surface area contributed by atoms with E-state index in [-0.39, 0.29) is 30.4 Å². The first-order chi connectivity index (χ1) is 15.4. The third-order valence-electron chi connectivity index (χ3n) is 4.41. The summed E-state index contributed by atoms with van der Waals surface area (Å²) < 4.78 is 10.5. The first kappa shape index (κ1) is 23.0. The van der Waals surface area contributed by atoms with Crippen LogP contribution in [-0.2, 0) is 27.4 Å². The highest BCUT2D eigenvalue weighted by atomic mass is 32.1. The minimum Gasteiger partial charge on any atom is -0.497 e.